The Labute approximate surface area is 150 Å². The van der Waals surface area contributed by atoms with Gasteiger partial charge in [0.1, 0.15) is 5.56 Å². The SMILES string of the molecule is COc1cccc2cc(C(=O)NC(C)=O)c(=Nc3ccc(C)cc3)oc12. The Morgan fingerprint density at radius 3 is 2.50 bits per heavy atom. The van der Waals surface area contributed by atoms with Gasteiger partial charge in [-0.15, -0.1) is 0 Å². The molecule has 132 valence electrons. The maximum absolute atomic E-state index is 12.4. The zero-order chi connectivity index (χ0) is 18.7. The van der Waals surface area contributed by atoms with Crippen molar-refractivity contribution >= 4 is 28.5 Å². The molecule has 0 saturated heterocycles. The molecule has 0 aliphatic carbocycles. The van der Waals surface area contributed by atoms with Gasteiger partial charge in [0.15, 0.2) is 11.3 Å². The van der Waals surface area contributed by atoms with E-state index < -0.39 is 11.8 Å². The van der Waals surface area contributed by atoms with E-state index in [9.17, 15) is 9.59 Å². The van der Waals surface area contributed by atoms with Gasteiger partial charge >= 0.3 is 0 Å². The normalized spacial score (nSPS) is 11.4. The first kappa shape index (κ1) is 17.4. The van der Waals surface area contributed by atoms with Gasteiger partial charge < -0.3 is 9.15 Å². The van der Waals surface area contributed by atoms with Crippen molar-refractivity contribution in [1.29, 1.82) is 0 Å². The van der Waals surface area contributed by atoms with E-state index >= 15 is 0 Å². The van der Waals surface area contributed by atoms with E-state index in [1.807, 2.05) is 31.2 Å². The fourth-order valence-electron chi connectivity index (χ4n) is 2.49. The number of methoxy groups -OCH3 is 1. The average molecular weight is 350 g/mol. The Balaban J connectivity index is 2.27. The lowest BCUT2D eigenvalue weighted by molar-refractivity contribution is -0.118. The molecule has 26 heavy (non-hydrogen) atoms. The molecular formula is C20H18N2O4. The molecule has 2 aromatic carbocycles. The highest BCUT2D eigenvalue weighted by Gasteiger charge is 2.15. The number of carbonyl (C=O) groups is 2. The molecule has 6 nitrogen and oxygen atoms in total. The van der Waals surface area contributed by atoms with E-state index in [0.29, 0.717) is 22.4 Å². The van der Waals surface area contributed by atoms with Crippen molar-refractivity contribution in [3.05, 3.63) is 65.2 Å². The molecule has 1 aromatic heterocycles. The van der Waals surface area contributed by atoms with Gasteiger partial charge in [-0.3, -0.25) is 14.9 Å². The number of fused-ring (bicyclic) bond motifs is 1. The van der Waals surface area contributed by atoms with Crippen molar-refractivity contribution in [2.45, 2.75) is 13.8 Å². The predicted molar refractivity (Wildman–Crippen MR) is 97.3 cm³/mol. The van der Waals surface area contributed by atoms with Crippen LogP contribution < -0.4 is 15.6 Å². The highest BCUT2D eigenvalue weighted by Crippen LogP contribution is 2.25. The molecular weight excluding hydrogens is 332 g/mol. The Morgan fingerprint density at radius 1 is 1.12 bits per heavy atom. The van der Waals surface area contributed by atoms with Gasteiger partial charge in [-0.2, -0.15) is 0 Å². The van der Waals surface area contributed by atoms with Crippen LogP contribution in [0.5, 0.6) is 5.75 Å². The summed E-state index contributed by atoms with van der Waals surface area (Å²) in [6.07, 6.45) is 0. The number of nitrogens with one attached hydrogen (secondary N) is 1. The maximum Gasteiger partial charge on any atom is 0.263 e. The van der Waals surface area contributed by atoms with Crippen LogP contribution in [0.15, 0.2) is 57.9 Å². The summed E-state index contributed by atoms with van der Waals surface area (Å²) in [7, 11) is 1.54. The van der Waals surface area contributed by atoms with Gasteiger partial charge in [0.25, 0.3) is 5.91 Å². The van der Waals surface area contributed by atoms with Crippen molar-refractivity contribution in [1.82, 2.24) is 5.32 Å². The lowest BCUT2D eigenvalue weighted by Crippen LogP contribution is -2.32. The minimum absolute atomic E-state index is 0.101. The summed E-state index contributed by atoms with van der Waals surface area (Å²) < 4.78 is 11.2. The number of amides is 2. The first-order chi connectivity index (χ1) is 12.5. The molecule has 3 aromatic rings. The molecule has 1 N–H and O–H groups in total. The topological polar surface area (TPSA) is 80.9 Å². The van der Waals surface area contributed by atoms with Gasteiger partial charge in [-0.1, -0.05) is 29.8 Å². The zero-order valence-corrected chi connectivity index (χ0v) is 14.7. The summed E-state index contributed by atoms with van der Waals surface area (Å²) in [5.41, 5.74) is 2.47. The minimum Gasteiger partial charge on any atom is -0.493 e. The quantitative estimate of drug-likeness (QED) is 0.786. The van der Waals surface area contributed by atoms with Gasteiger partial charge in [0, 0.05) is 12.3 Å². The van der Waals surface area contributed by atoms with E-state index in [-0.39, 0.29) is 11.1 Å². The number of ether oxygens (including phenoxy) is 1. The van der Waals surface area contributed by atoms with Crippen LogP contribution in [0.3, 0.4) is 0 Å². The standard InChI is InChI=1S/C20H18N2O4/c1-12-7-9-15(10-8-12)22-20-16(19(24)21-13(2)23)11-14-5-4-6-17(25-3)18(14)26-20/h4-11H,1-3H3,(H,21,23,24). The van der Waals surface area contributed by atoms with Crippen molar-refractivity contribution in [2.24, 2.45) is 4.99 Å². The Morgan fingerprint density at radius 2 is 1.85 bits per heavy atom. The number of hydrogen-bond acceptors (Lipinski definition) is 5. The lowest BCUT2D eigenvalue weighted by atomic mass is 10.1. The maximum atomic E-state index is 12.4. The molecule has 0 atom stereocenters. The average Bonchev–Trinajstić information content (AvgIpc) is 2.62. The zero-order valence-electron chi connectivity index (χ0n) is 14.7. The molecule has 0 aliphatic heterocycles. The monoisotopic (exact) mass is 350 g/mol. The number of hydrogen-bond donors (Lipinski definition) is 1. The summed E-state index contributed by atoms with van der Waals surface area (Å²) in [5, 5.41) is 2.93. The third kappa shape index (κ3) is 3.64. The van der Waals surface area contributed by atoms with Crippen LogP contribution in [-0.2, 0) is 4.79 Å². The fourth-order valence-corrected chi connectivity index (χ4v) is 2.49. The minimum atomic E-state index is -0.572. The molecule has 6 heteroatoms. The van der Waals surface area contributed by atoms with Crippen LogP contribution in [-0.4, -0.2) is 18.9 Å². The van der Waals surface area contributed by atoms with Gasteiger partial charge in [0.2, 0.25) is 11.5 Å². The van der Waals surface area contributed by atoms with Gasteiger partial charge in [-0.05, 0) is 31.2 Å². The largest absolute Gasteiger partial charge is 0.493 e. The number of carbonyl (C=O) groups excluding carboxylic acids is 2. The molecule has 0 unspecified atom stereocenters. The molecule has 0 fully saturated rings. The highest BCUT2D eigenvalue weighted by molar-refractivity contribution is 6.05. The van der Waals surface area contributed by atoms with Gasteiger partial charge in [0.05, 0.1) is 12.8 Å². The molecule has 3 rings (SSSR count). The number of benzene rings is 2. The smallest absolute Gasteiger partial charge is 0.263 e. The van der Waals surface area contributed by atoms with E-state index in [1.165, 1.54) is 14.0 Å². The Bertz CT molecular complexity index is 1050. The molecule has 0 saturated carbocycles. The third-order valence-electron chi connectivity index (χ3n) is 3.76. The van der Waals surface area contributed by atoms with Crippen LogP contribution in [0.4, 0.5) is 5.69 Å². The molecule has 0 spiro atoms. The second kappa shape index (κ2) is 7.23. The molecule has 0 radical (unpaired) electrons. The first-order valence-electron chi connectivity index (χ1n) is 8.02. The van der Waals surface area contributed by atoms with E-state index in [0.717, 1.165) is 5.56 Å². The summed E-state index contributed by atoms with van der Waals surface area (Å²) in [5.74, 6) is -0.500. The summed E-state index contributed by atoms with van der Waals surface area (Å²) in [6.45, 7) is 3.25. The summed E-state index contributed by atoms with van der Waals surface area (Å²) in [4.78, 5) is 28.2. The molecule has 2 amide bonds. The van der Waals surface area contributed by atoms with Crippen molar-refractivity contribution in [3.63, 3.8) is 0 Å². The number of para-hydroxylation sites is 1. The number of aryl methyl sites for hydroxylation is 1. The second-order valence-electron chi connectivity index (χ2n) is 5.80. The fraction of sp³-hybridized carbons (Fsp3) is 0.150. The summed E-state index contributed by atoms with van der Waals surface area (Å²) in [6, 6.07) is 14.4. The van der Waals surface area contributed by atoms with Crippen molar-refractivity contribution in [2.75, 3.05) is 7.11 Å². The van der Waals surface area contributed by atoms with Crippen molar-refractivity contribution < 1.29 is 18.7 Å². The molecule has 1 heterocycles. The Hall–Kier alpha value is -3.41. The van der Waals surface area contributed by atoms with E-state index in [1.54, 1.807) is 24.3 Å². The van der Waals surface area contributed by atoms with Crippen molar-refractivity contribution in [3.8, 4) is 5.75 Å². The first-order valence-corrected chi connectivity index (χ1v) is 8.02. The number of rotatable bonds is 3. The third-order valence-corrected chi connectivity index (χ3v) is 3.76. The van der Waals surface area contributed by atoms with Crippen LogP contribution in [0.25, 0.3) is 11.0 Å². The van der Waals surface area contributed by atoms with E-state index in [4.69, 9.17) is 9.15 Å². The van der Waals surface area contributed by atoms with Crippen LogP contribution in [0.2, 0.25) is 0 Å². The highest BCUT2D eigenvalue weighted by atomic mass is 16.5. The van der Waals surface area contributed by atoms with Gasteiger partial charge in [-0.25, -0.2) is 4.99 Å². The molecule has 0 bridgehead atoms. The predicted octanol–water partition coefficient (Wildman–Crippen LogP) is 3.26. The lowest BCUT2D eigenvalue weighted by Gasteiger charge is -2.07. The van der Waals surface area contributed by atoms with Crippen LogP contribution in [0, 0.1) is 6.92 Å². The number of imide groups is 1. The van der Waals surface area contributed by atoms with Crippen LogP contribution in [0.1, 0.15) is 22.8 Å². The van der Waals surface area contributed by atoms with E-state index in [2.05, 4.69) is 10.3 Å². The van der Waals surface area contributed by atoms with Crippen LogP contribution >= 0.6 is 0 Å². The second-order valence-corrected chi connectivity index (χ2v) is 5.80. The number of nitrogens with zero attached hydrogens (tertiary/aromatic N) is 1. The summed E-state index contributed by atoms with van der Waals surface area (Å²) >= 11 is 0. The molecule has 0 aliphatic rings. The Kier molecular flexibility index (Phi) is 4.84.